The average molecular weight is 194 g/mol. The van der Waals surface area contributed by atoms with Gasteiger partial charge in [-0.25, -0.2) is 0 Å². The lowest BCUT2D eigenvalue weighted by molar-refractivity contribution is 0.386. The summed E-state index contributed by atoms with van der Waals surface area (Å²) in [6.07, 6.45) is 1.27. The minimum atomic E-state index is 0.462. The molecule has 2 N–H and O–H groups in total. The molecule has 0 fully saturated rings. The number of hydrogen-bond acceptors (Lipinski definition) is 3. The molecule has 0 radical (unpaired) electrons. The van der Waals surface area contributed by atoms with Gasteiger partial charge in [-0.05, 0) is 12.1 Å². The summed E-state index contributed by atoms with van der Waals surface area (Å²) in [6.45, 7) is 0.462. The molecule has 1 rings (SSSR count). The Morgan fingerprint density at radius 2 is 1.86 bits per heavy atom. The molecule has 1 aromatic carbocycles. The molecule has 76 valence electrons. The van der Waals surface area contributed by atoms with Crippen molar-refractivity contribution in [1.82, 2.24) is 0 Å². The zero-order chi connectivity index (χ0) is 10.4. The molecule has 0 aromatic heterocycles. The molecule has 1 aromatic rings. The molecule has 0 saturated heterocycles. The van der Waals surface area contributed by atoms with Crippen LogP contribution in [0.25, 0.3) is 0 Å². The zero-order valence-corrected chi connectivity index (χ0v) is 8.36. The van der Waals surface area contributed by atoms with E-state index in [1.54, 1.807) is 14.2 Å². The largest absolute Gasteiger partial charge is 0.496 e. The zero-order valence-electron chi connectivity index (χ0n) is 8.36. The van der Waals surface area contributed by atoms with Gasteiger partial charge in [0.1, 0.15) is 11.5 Å². The summed E-state index contributed by atoms with van der Waals surface area (Å²) < 4.78 is 10.4. The lowest BCUT2D eigenvalue weighted by Gasteiger charge is -2.10. The van der Waals surface area contributed by atoms with Gasteiger partial charge in [0, 0.05) is 0 Å². The van der Waals surface area contributed by atoms with E-state index in [1.165, 1.54) is 6.34 Å². The molecule has 0 amide bonds. The number of rotatable bonds is 4. The molecule has 0 aliphatic heterocycles. The number of aliphatic imine (C=N–C) groups is 1. The maximum Gasteiger partial charge on any atom is 0.127 e. The normalized spacial score (nSPS) is 10.4. The minimum Gasteiger partial charge on any atom is -0.496 e. The summed E-state index contributed by atoms with van der Waals surface area (Å²) in [7, 11) is 3.23. The van der Waals surface area contributed by atoms with Crippen LogP contribution in [0.2, 0.25) is 0 Å². The van der Waals surface area contributed by atoms with E-state index in [0.717, 1.165) is 17.1 Å². The van der Waals surface area contributed by atoms with Crippen molar-refractivity contribution in [2.45, 2.75) is 6.54 Å². The van der Waals surface area contributed by atoms with Crippen LogP contribution in [-0.4, -0.2) is 20.6 Å². The number of hydrogen-bond donors (Lipinski definition) is 1. The third kappa shape index (κ3) is 2.16. The molecular formula is C10H14N2O2. The fourth-order valence-electron chi connectivity index (χ4n) is 1.23. The van der Waals surface area contributed by atoms with E-state index in [2.05, 4.69) is 4.99 Å². The first-order valence-corrected chi connectivity index (χ1v) is 4.23. The molecule has 14 heavy (non-hydrogen) atoms. The lowest BCUT2D eigenvalue weighted by Crippen LogP contribution is -1.97. The highest BCUT2D eigenvalue weighted by molar-refractivity contribution is 5.52. The Morgan fingerprint density at radius 1 is 1.29 bits per heavy atom. The summed E-state index contributed by atoms with van der Waals surface area (Å²) in [6, 6.07) is 5.60. The van der Waals surface area contributed by atoms with Crippen LogP contribution in [0.1, 0.15) is 5.56 Å². The summed E-state index contributed by atoms with van der Waals surface area (Å²) in [4.78, 5) is 3.95. The Kier molecular flexibility index (Phi) is 3.79. The first-order chi connectivity index (χ1) is 6.83. The second kappa shape index (κ2) is 5.11. The van der Waals surface area contributed by atoms with Crippen molar-refractivity contribution in [3.63, 3.8) is 0 Å². The molecule has 0 bridgehead atoms. The van der Waals surface area contributed by atoms with Crippen molar-refractivity contribution in [3.8, 4) is 11.5 Å². The molecular weight excluding hydrogens is 180 g/mol. The summed E-state index contributed by atoms with van der Waals surface area (Å²) >= 11 is 0. The number of methoxy groups -OCH3 is 2. The van der Waals surface area contributed by atoms with Crippen molar-refractivity contribution in [1.29, 1.82) is 0 Å². The molecule has 0 aliphatic rings. The fraction of sp³-hybridized carbons (Fsp3) is 0.300. The van der Waals surface area contributed by atoms with Gasteiger partial charge in [0.2, 0.25) is 0 Å². The molecule has 0 unspecified atom stereocenters. The van der Waals surface area contributed by atoms with Gasteiger partial charge in [-0.1, -0.05) is 6.07 Å². The fourth-order valence-corrected chi connectivity index (χ4v) is 1.23. The van der Waals surface area contributed by atoms with E-state index in [4.69, 9.17) is 15.2 Å². The van der Waals surface area contributed by atoms with Gasteiger partial charge in [0.25, 0.3) is 0 Å². The molecule has 0 heterocycles. The predicted molar refractivity (Wildman–Crippen MR) is 55.9 cm³/mol. The maximum absolute atomic E-state index is 5.19. The van der Waals surface area contributed by atoms with Crippen molar-refractivity contribution in [2.24, 2.45) is 10.7 Å². The van der Waals surface area contributed by atoms with E-state index in [-0.39, 0.29) is 0 Å². The van der Waals surface area contributed by atoms with Crippen LogP contribution in [0, 0.1) is 0 Å². The number of nitrogens with zero attached hydrogens (tertiary/aromatic N) is 1. The summed E-state index contributed by atoms with van der Waals surface area (Å²) in [5, 5.41) is 0. The van der Waals surface area contributed by atoms with Gasteiger partial charge < -0.3 is 15.2 Å². The number of nitrogens with two attached hydrogens (primary N) is 1. The van der Waals surface area contributed by atoms with Crippen LogP contribution in [0.3, 0.4) is 0 Å². The van der Waals surface area contributed by atoms with E-state index >= 15 is 0 Å². The van der Waals surface area contributed by atoms with Gasteiger partial charge in [0.05, 0.1) is 32.7 Å². The SMILES string of the molecule is COc1cccc(OC)c1CN=CN. The molecule has 4 heteroatoms. The standard InChI is InChI=1S/C10H14N2O2/c1-13-9-4-3-5-10(14-2)8(9)6-12-7-11/h3-5,7H,6H2,1-2H3,(H2,11,12). The van der Waals surface area contributed by atoms with Gasteiger partial charge in [-0.2, -0.15) is 0 Å². The van der Waals surface area contributed by atoms with Gasteiger partial charge in [0.15, 0.2) is 0 Å². The first-order valence-electron chi connectivity index (χ1n) is 4.23. The molecule has 0 saturated carbocycles. The van der Waals surface area contributed by atoms with Crippen molar-refractivity contribution < 1.29 is 9.47 Å². The smallest absolute Gasteiger partial charge is 0.127 e. The van der Waals surface area contributed by atoms with Crippen molar-refractivity contribution in [2.75, 3.05) is 14.2 Å². The second-order valence-electron chi connectivity index (χ2n) is 2.63. The third-order valence-corrected chi connectivity index (χ3v) is 1.88. The Labute approximate surface area is 83.4 Å². The van der Waals surface area contributed by atoms with Crippen LogP contribution < -0.4 is 15.2 Å². The minimum absolute atomic E-state index is 0.462. The average Bonchev–Trinajstić information content (AvgIpc) is 2.25. The highest BCUT2D eigenvalue weighted by atomic mass is 16.5. The van der Waals surface area contributed by atoms with Gasteiger partial charge in [-0.3, -0.25) is 4.99 Å². The van der Waals surface area contributed by atoms with E-state index < -0.39 is 0 Å². The Balaban J connectivity index is 3.05. The topological polar surface area (TPSA) is 56.8 Å². The van der Waals surface area contributed by atoms with Gasteiger partial charge in [-0.15, -0.1) is 0 Å². The molecule has 0 spiro atoms. The second-order valence-corrected chi connectivity index (χ2v) is 2.63. The number of benzene rings is 1. The maximum atomic E-state index is 5.19. The van der Waals surface area contributed by atoms with E-state index in [9.17, 15) is 0 Å². The van der Waals surface area contributed by atoms with Crippen LogP contribution in [0.5, 0.6) is 11.5 Å². The summed E-state index contributed by atoms with van der Waals surface area (Å²) in [5.41, 5.74) is 6.09. The van der Waals surface area contributed by atoms with Gasteiger partial charge >= 0.3 is 0 Å². The predicted octanol–water partition coefficient (Wildman–Crippen LogP) is 1.19. The molecule has 4 nitrogen and oxygen atoms in total. The third-order valence-electron chi connectivity index (χ3n) is 1.88. The Bertz CT molecular complexity index is 302. The monoisotopic (exact) mass is 194 g/mol. The first kappa shape index (κ1) is 10.4. The van der Waals surface area contributed by atoms with Crippen molar-refractivity contribution in [3.05, 3.63) is 23.8 Å². The quantitative estimate of drug-likeness (QED) is 0.578. The molecule has 0 atom stereocenters. The Morgan fingerprint density at radius 3 is 2.29 bits per heavy atom. The number of ether oxygens (including phenoxy) is 2. The van der Waals surface area contributed by atoms with E-state index in [1.807, 2.05) is 18.2 Å². The highest BCUT2D eigenvalue weighted by Gasteiger charge is 2.07. The Hall–Kier alpha value is -1.71. The highest BCUT2D eigenvalue weighted by Crippen LogP contribution is 2.28. The summed E-state index contributed by atoms with van der Waals surface area (Å²) in [5.74, 6) is 1.52. The lowest BCUT2D eigenvalue weighted by atomic mass is 10.2. The molecule has 0 aliphatic carbocycles. The van der Waals surface area contributed by atoms with E-state index in [0.29, 0.717) is 6.54 Å². The van der Waals surface area contributed by atoms with Crippen LogP contribution in [0.4, 0.5) is 0 Å². The van der Waals surface area contributed by atoms with Crippen LogP contribution in [0.15, 0.2) is 23.2 Å². The van der Waals surface area contributed by atoms with Crippen LogP contribution >= 0.6 is 0 Å². The van der Waals surface area contributed by atoms with Crippen molar-refractivity contribution >= 4 is 6.34 Å². The van der Waals surface area contributed by atoms with Crippen LogP contribution in [-0.2, 0) is 6.54 Å².